The maximum absolute atomic E-state index is 14.0. The molecule has 3 atom stereocenters. The van der Waals surface area contributed by atoms with Crippen molar-refractivity contribution in [3.8, 4) is 0 Å². The Morgan fingerprint density at radius 1 is 1.00 bits per heavy atom. The predicted octanol–water partition coefficient (Wildman–Crippen LogP) is 5.90. The molecule has 0 bridgehead atoms. The molecule has 0 saturated heterocycles. The summed E-state index contributed by atoms with van der Waals surface area (Å²) < 4.78 is 0. The molecule has 0 spiro atoms. The van der Waals surface area contributed by atoms with Gasteiger partial charge < -0.3 is 20.0 Å². The zero-order chi connectivity index (χ0) is 33.1. The molecule has 0 unspecified atom stereocenters. The van der Waals surface area contributed by atoms with Gasteiger partial charge in [-0.1, -0.05) is 85.3 Å². The molecule has 47 heavy (non-hydrogen) atoms. The predicted molar refractivity (Wildman–Crippen MR) is 182 cm³/mol. The van der Waals surface area contributed by atoms with E-state index in [0.29, 0.717) is 34.9 Å². The van der Waals surface area contributed by atoms with Crippen LogP contribution in [0.1, 0.15) is 35.6 Å². The fourth-order valence-electron chi connectivity index (χ4n) is 6.55. The van der Waals surface area contributed by atoms with Crippen molar-refractivity contribution in [3.63, 3.8) is 0 Å². The minimum Gasteiger partial charge on any atom is -0.394 e. The number of para-hydroxylation sites is 1. The zero-order valence-corrected chi connectivity index (χ0v) is 26.8. The van der Waals surface area contributed by atoms with Gasteiger partial charge in [0.05, 0.1) is 24.9 Å². The van der Waals surface area contributed by atoms with E-state index in [1.54, 1.807) is 47.1 Å². The molecular formula is C38H36ClN3O5. The lowest BCUT2D eigenvalue weighted by Crippen LogP contribution is -2.46. The molecule has 9 heteroatoms. The van der Waals surface area contributed by atoms with Crippen LogP contribution < -0.4 is 9.80 Å². The van der Waals surface area contributed by atoms with Gasteiger partial charge in [-0.05, 0) is 65.6 Å². The Morgan fingerprint density at radius 3 is 2.38 bits per heavy atom. The Hall–Kier alpha value is -4.76. The number of fused-ring (bicyclic) bond motifs is 2. The summed E-state index contributed by atoms with van der Waals surface area (Å²) in [6.07, 6.45) is 4.79. The summed E-state index contributed by atoms with van der Waals surface area (Å²) in [6, 6.07) is 29.3. The molecule has 240 valence electrons. The number of aliphatic hydroxyl groups excluding tert-OH is 1. The number of nitrogens with zero attached hydrogens (tertiary/aromatic N) is 3. The number of hydrogen-bond donors (Lipinski definition) is 2. The lowest BCUT2D eigenvalue weighted by molar-refractivity contribution is -0.139. The highest BCUT2D eigenvalue weighted by atomic mass is 35.5. The second-order valence-electron chi connectivity index (χ2n) is 12.0. The van der Waals surface area contributed by atoms with E-state index in [1.165, 1.54) is 4.90 Å². The van der Waals surface area contributed by atoms with Crippen molar-refractivity contribution in [2.24, 2.45) is 5.92 Å². The summed E-state index contributed by atoms with van der Waals surface area (Å²) >= 11 is 6.35. The number of carbonyl (C=O) groups excluding carboxylic acids is 3. The molecule has 0 radical (unpaired) electrons. The van der Waals surface area contributed by atoms with Crippen LogP contribution in [0.4, 0.5) is 17.1 Å². The number of benzene rings is 4. The van der Waals surface area contributed by atoms with Gasteiger partial charge in [-0.15, -0.1) is 0 Å². The normalized spacial score (nSPS) is 19.4. The molecule has 2 heterocycles. The van der Waals surface area contributed by atoms with E-state index >= 15 is 0 Å². The first-order chi connectivity index (χ1) is 22.7. The van der Waals surface area contributed by atoms with Crippen LogP contribution in [-0.4, -0.2) is 46.0 Å². The van der Waals surface area contributed by atoms with Gasteiger partial charge in [0, 0.05) is 40.8 Å². The first-order valence-corrected chi connectivity index (χ1v) is 16.0. The van der Waals surface area contributed by atoms with Crippen molar-refractivity contribution in [1.82, 2.24) is 4.90 Å². The smallest absolute Gasteiger partial charge is 0.264 e. The van der Waals surface area contributed by atoms with Crippen LogP contribution in [0.3, 0.4) is 0 Å². The van der Waals surface area contributed by atoms with E-state index in [4.69, 9.17) is 11.6 Å². The number of aliphatic hydroxyl groups is 2. The molecule has 2 aliphatic heterocycles. The molecule has 4 aromatic carbocycles. The summed E-state index contributed by atoms with van der Waals surface area (Å²) in [6.45, 7) is 2.23. The minimum absolute atomic E-state index is 0.0620. The molecule has 0 saturated carbocycles. The Kier molecular flexibility index (Phi) is 9.27. The van der Waals surface area contributed by atoms with Crippen LogP contribution in [0.2, 0.25) is 5.02 Å². The highest BCUT2D eigenvalue weighted by Gasteiger charge is 2.52. The van der Waals surface area contributed by atoms with Crippen molar-refractivity contribution in [3.05, 3.63) is 136 Å². The van der Waals surface area contributed by atoms with Gasteiger partial charge in [0.15, 0.2) is 5.60 Å². The SMILES string of the molecule is C[C@H](/C=C/CC(=O)N1Cc2ccccc2C[C@H]1CO)[C@@]1(O)C(=O)N(Cc2ccc(N(C=O)c3ccccc3)cc2)c2ccc(Cl)cc21. The first kappa shape index (κ1) is 32.2. The van der Waals surface area contributed by atoms with Crippen LogP contribution >= 0.6 is 11.6 Å². The summed E-state index contributed by atoms with van der Waals surface area (Å²) in [5.41, 5.74) is 3.47. The Balaban J connectivity index is 1.18. The summed E-state index contributed by atoms with van der Waals surface area (Å²) in [5, 5.41) is 22.4. The Morgan fingerprint density at radius 2 is 1.68 bits per heavy atom. The quantitative estimate of drug-likeness (QED) is 0.165. The third-order valence-corrected chi connectivity index (χ3v) is 9.42. The average molecular weight is 650 g/mol. The maximum atomic E-state index is 14.0. The number of hydrogen-bond acceptors (Lipinski definition) is 5. The van der Waals surface area contributed by atoms with E-state index in [1.807, 2.05) is 78.9 Å². The third-order valence-electron chi connectivity index (χ3n) is 9.19. The number of rotatable bonds is 10. The molecule has 6 rings (SSSR count). The fourth-order valence-corrected chi connectivity index (χ4v) is 6.72. The van der Waals surface area contributed by atoms with Gasteiger partial charge in [-0.2, -0.15) is 0 Å². The van der Waals surface area contributed by atoms with Gasteiger partial charge >= 0.3 is 0 Å². The van der Waals surface area contributed by atoms with Gasteiger partial charge in [0.2, 0.25) is 12.3 Å². The highest BCUT2D eigenvalue weighted by molar-refractivity contribution is 6.31. The van der Waals surface area contributed by atoms with E-state index in [2.05, 4.69) is 0 Å². The van der Waals surface area contributed by atoms with Crippen LogP contribution in [0, 0.1) is 5.92 Å². The molecule has 0 fully saturated rings. The molecule has 0 aromatic heterocycles. The second-order valence-corrected chi connectivity index (χ2v) is 12.5. The van der Waals surface area contributed by atoms with Gasteiger partial charge in [-0.3, -0.25) is 19.3 Å². The number of amides is 3. The largest absolute Gasteiger partial charge is 0.394 e. The first-order valence-electron chi connectivity index (χ1n) is 15.6. The molecule has 2 N–H and O–H groups in total. The van der Waals surface area contributed by atoms with E-state index in [0.717, 1.165) is 28.8 Å². The van der Waals surface area contributed by atoms with Crippen molar-refractivity contribution in [1.29, 1.82) is 0 Å². The van der Waals surface area contributed by atoms with Crippen molar-refractivity contribution >= 4 is 46.9 Å². The second kappa shape index (κ2) is 13.5. The number of halogens is 1. The number of carbonyl (C=O) groups is 3. The molecule has 4 aromatic rings. The lowest BCUT2D eigenvalue weighted by Gasteiger charge is -2.36. The topological polar surface area (TPSA) is 101 Å². The van der Waals surface area contributed by atoms with Crippen molar-refractivity contribution in [2.45, 2.75) is 44.5 Å². The molecule has 0 aliphatic carbocycles. The maximum Gasteiger partial charge on any atom is 0.264 e. The van der Waals surface area contributed by atoms with Crippen molar-refractivity contribution < 1.29 is 24.6 Å². The minimum atomic E-state index is -1.90. The molecule has 8 nitrogen and oxygen atoms in total. The van der Waals surface area contributed by atoms with Crippen LogP contribution in [0.25, 0.3) is 0 Å². The Bertz CT molecular complexity index is 1810. The standard InChI is InChI=1S/C38H36ClN3O5/c1-26(8-7-13-36(45)40-23-29-10-6-5-9-28(29)20-33(40)24-43)38(47)34-21-30(39)16-19-35(34)41(37(38)46)22-27-14-17-32(18-15-27)42(25-44)31-11-3-2-4-12-31/h2-12,14-19,21,25-26,33,43,47H,13,20,22-24H2,1H3/b8-7+/t26-,33+,38+/m1/s1. The summed E-state index contributed by atoms with van der Waals surface area (Å²) in [5.74, 6) is -1.31. The van der Waals surface area contributed by atoms with Gasteiger partial charge in [0.25, 0.3) is 5.91 Å². The molecule has 3 amide bonds. The van der Waals surface area contributed by atoms with E-state index < -0.39 is 17.4 Å². The van der Waals surface area contributed by atoms with E-state index in [-0.39, 0.29) is 31.5 Å². The summed E-state index contributed by atoms with van der Waals surface area (Å²) in [4.78, 5) is 44.0. The zero-order valence-electron chi connectivity index (χ0n) is 26.0. The van der Waals surface area contributed by atoms with Gasteiger partial charge in [0.1, 0.15) is 0 Å². The lowest BCUT2D eigenvalue weighted by atomic mass is 9.83. The monoisotopic (exact) mass is 649 g/mol. The molecular weight excluding hydrogens is 614 g/mol. The van der Waals surface area contributed by atoms with Crippen LogP contribution in [0.5, 0.6) is 0 Å². The van der Waals surface area contributed by atoms with E-state index in [9.17, 15) is 24.6 Å². The van der Waals surface area contributed by atoms with Gasteiger partial charge in [-0.25, -0.2) is 0 Å². The average Bonchev–Trinajstić information content (AvgIpc) is 3.30. The summed E-state index contributed by atoms with van der Waals surface area (Å²) in [7, 11) is 0. The molecule has 2 aliphatic rings. The highest BCUT2D eigenvalue weighted by Crippen LogP contribution is 2.47. The van der Waals surface area contributed by atoms with Crippen LogP contribution in [0.15, 0.2) is 109 Å². The third kappa shape index (κ3) is 6.20. The fraction of sp³-hybridized carbons (Fsp3) is 0.237. The number of anilines is 3. The van der Waals surface area contributed by atoms with Crippen molar-refractivity contribution in [2.75, 3.05) is 16.4 Å². The van der Waals surface area contributed by atoms with Crippen LogP contribution in [-0.2, 0) is 39.5 Å². The Labute approximate surface area is 279 Å².